The van der Waals surface area contributed by atoms with Gasteiger partial charge in [-0.25, -0.2) is 8.42 Å². The molecule has 1 aromatic heterocycles. The second-order valence-electron chi connectivity index (χ2n) is 8.29. The van der Waals surface area contributed by atoms with Crippen LogP contribution in [0.1, 0.15) is 31.0 Å². The van der Waals surface area contributed by atoms with E-state index in [2.05, 4.69) is 0 Å². The molecule has 0 fully saturated rings. The molecule has 5 nitrogen and oxygen atoms in total. The fraction of sp³-hybridized carbons (Fsp3) is 0.250. The molecular weight excluding hydrogens is 446 g/mol. The lowest BCUT2D eigenvalue weighted by molar-refractivity contribution is -0.143. The Morgan fingerprint density at radius 2 is 1.62 bits per heavy atom. The molecule has 1 heterocycles. The minimum absolute atomic E-state index is 0.105. The van der Waals surface area contributed by atoms with Crippen molar-refractivity contribution in [2.75, 3.05) is 6.61 Å². The highest BCUT2D eigenvalue weighted by molar-refractivity contribution is 7.95. The largest absolute Gasteiger partial charge is 0.465 e. The summed E-state index contributed by atoms with van der Waals surface area (Å²) in [6.45, 7) is 4.18. The minimum Gasteiger partial charge on any atom is -0.465 e. The Morgan fingerprint density at radius 1 is 0.971 bits per heavy atom. The maximum absolute atomic E-state index is 13.5. The SMILES string of the molecule is CCOC(=O)Cn1c(C)cc(CC2=CCCC=C2S(=O)(=O)c2ccccc2)c1-c1ccccc1. The molecule has 34 heavy (non-hydrogen) atoms. The average Bonchev–Trinajstić information content (AvgIpc) is 3.14. The molecular formula is C28H29NO4S. The summed E-state index contributed by atoms with van der Waals surface area (Å²) < 4.78 is 34.1. The number of allylic oxidation sites excluding steroid dienone is 3. The molecule has 0 saturated carbocycles. The van der Waals surface area contributed by atoms with Crippen molar-refractivity contribution >= 4 is 15.8 Å². The van der Waals surface area contributed by atoms with Gasteiger partial charge in [0, 0.05) is 12.1 Å². The second-order valence-corrected chi connectivity index (χ2v) is 10.2. The Bertz CT molecular complexity index is 1330. The molecule has 176 valence electrons. The number of carbonyl (C=O) groups is 1. The molecule has 1 aliphatic rings. The smallest absolute Gasteiger partial charge is 0.325 e. The Labute approximate surface area is 201 Å². The molecule has 6 heteroatoms. The van der Waals surface area contributed by atoms with Crippen LogP contribution in [0.5, 0.6) is 0 Å². The Hall–Kier alpha value is -3.38. The highest BCUT2D eigenvalue weighted by Gasteiger charge is 2.27. The quantitative estimate of drug-likeness (QED) is 0.395. The van der Waals surface area contributed by atoms with Gasteiger partial charge in [0.05, 0.1) is 22.1 Å². The molecule has 0 saturated heterocycles. The van der Waals surface area contributed by atoms with Crippen LogP contribution < -0.4 is 0 Å². The minimum atomic E-state index is -3.63. The van der Waals surface area contributed by atoms with Crippen molar-refractivity contribution in [3.05, 3.63) is 101 Å². The number of sulfone groups is 1. The number of benzene rings is 2. The van der Waals surface area contributed by atoms with Gasteiger partial charge in [-0.3, -0.25) is 4.79 Å². The van der Waals surface area contributed by atoms with E-state index in [-0.39, 0.29) is 12.5 Å². The van der Waals surface area contributed by atoms with Crippen molar-refractivity contribution < 1.29 is 17.9 Å². The summed E-state index contributed by atoms with van der Waals surface area (Å²) >= 11 is 0. The summed E-state index contributed by atoms with van der Waals surface area (Å²) in [6, 6.07) is 20.5. The summed E-state index contributed by atoms with van der Waals surface area (Å²) in [7, 11) is -3.63. The zero-order valence-corrected chi connectivity index (χ0v) is 20.3. The van der Waals surface area contributed by atoms with Crippen LogP contribution in [0.4, 0.5) is 0 Å². The predicted octanol–water partition coefficient (Wildman–Crippen LogP) is 5.65. The van der Waals surface area contributed by atoms with E-state index in [1.807, 2.05) is 66.1 Å². The summed E-state index contributed by atoms with van der Waals surface area (Å²) in [5, 5.41) is 0. The molecule has 0 atom stereocenters. The number of hydrogen-bond donors (Lipinski definition) is 0. The first-order valence-corrected chi connectivity index (χ1v) is 13.0. The lowest BCUT2D eigenvalue weighted by Gasteiger charge is -2.18. The number of rotatable bonds is 8. The van der Waals surface area contributed by atoms with Crippen molar-refractivity contribution in [3.8, 4) is 11.3 Å². The fourth-order valence-electron chi connectivity index (χ4n) is 4.44. The zero-order chi connectivity index (χ0) is 24.1. The Balaban J connectivity index is 1.75. The number of carbonyl (C=O) groups excluding carboxylic acids is 1. The van der Waals surface area contributed by atoms with Gasteiger partial charge in [0.1, 0.15) is 6.54 Å². The molecule has 0 bridgehead atoms. The first-order valence-electron chi connectivity index (χ1n) is 11.5. The van der Waals surface area contributed by atoms with Crippen LogP contribution in [0, 0.1) is 6.92 Å². The Kier molecular flexibility index (Phi) is 7.17. The van der Waals surface area contributed by atoms with Crippen LogP contribution in [0.2, 0.25) is 0 Å². The molecule has 0 amide bonds. The average molecular weight is 476 g/mol. The van der Waals surface area contributed by atoms with Crippen molar-refractivity contribution in [1.82, 2.24) is 4.57 Å². The number of esters is 1. The summed E-state index contributed by atoms with van der Waals surface area (Å²) in [4.78, 5) is 13.0. The third kappa shape index (κ3) is 4.92. The van der Waals surface area contributed by atoms with Crippen LogP contribution in [0.3, 0.4) is 0 Å². The molecule has 3 aromatic rings. The number of aromatic nitrogens is 1. The summed E-state index contributed by atoms with van der Waals surface area (Å²) in [6.07, 6.45) is 5.81. The molecule has 4 rings (SSSR count). The van der Waals surface area contributed by atoms with Gasteiger partial charge in [-0.05, 0) is 61.6 Å². The van der Waals surface area contributed by atoms with E-state index in [9.17, 15) is 13.2 Å². The highest BCUT2D eigenvalue weighted by atomic mass is 32.2. The second kappa shape index (κ2) is 10.3. The van der Waals surface area contributed by atoms with Crippen LogP contribution in [-0.2, 0) is 32.3 Å². The van der Waals surface area contributed by atoms with Gasteiger partial charge in [0.25, 0.3) is 0 Å². The maximum atomic E-state index is 13.5. The van der Waals surface area contributed by atoms with E-state index >= 15 is 0 Å². The zero-order valence-electron chi connectivity index (χ0n) is 19.5. The standard InChI is InChI=1S/C28H29NO4S/c1-3-33-27(30)20-29-21(2)18-24(28(29)22-12-6-4-7-13-22)19-23-14-10-11-17-26(23)34(31,32)25-15-8-5-9-16-25/h4-9,12-18H,3,10-11,19-20H2,1-2H3. The molecule has 1 aliphatic carbocycles. The molecule has 0 aliphatic heterocycles. The van der Waals surface area contributed by atoms with Crippen LogP contribution in [-0.4, -0.2) is 25.6 Å². The lowest BCUT2D eigenvalue weighted by Crippen LogP contribution is -2.15. The van der Waals surface area contributed by atoms with Crippen molar-refractivity contribution in [2.24, 2.45) is 0 Å². The molecule has 2 aromatic carbocycles. The van der Waals surface area contributed by atoms with Gasteiger partial charge in [0.2, 0.25) is 9.84 Å². The van der Waals surface area contributed by atoms with Gasteiger partial charge < -0.3 is 9.30 Å². The van der Waals surface area contributed by atoms with Gasteiger partial charge in [-0.2, -0.15) is 0 Å². The van der Waals surface area contributed by atoms with Crippen LogP contribution >= 0.6 is 0 Å². The number of ether oxygens (including phenoxy) is 1. The summed E-state index contributed by atoms with van der Waals surface area (Å²) in [5.41, 5.74) is 4.59. The Morgan fingerprint density at radius 3 is 2.29 bits per heavy atom. The van der Waals surface area contributed by atoms with E-state index in [4.69, 9.17) is 4.74 Å². The first kappa shape index (κ1) is 23.8. The fourth-order valence-corrected chi connectivity index (χ4v) is 6.04. The van der Waals surface area contributed by atoms with E-state index in [1.54, 1.807) is 31.2 Å². The first-order chi connectivity index (χ1) is 16.4. The van der Waals surface area contributed by atoms with E-state index in [1.165, 1.54) is 0 Å². The normalized spacial score (nSPS) is 13.8. The van der Waals surface area contributed by atoms with Crippen LogP contribution in [0.15, 0.2) is 94.3 Å². The van der Waals surface area contributed by atoms with Gasteiger partial charge in [0.15, 0.2) is 0 Å². The number of aryl methyl sites for hydroxylation is 1. The van der Waals surface area contributed by atoms with Crippen molar-refractivity contribution in [1.29, 1.82) is 0 Å². The van der Waals surface area contributed by atoms with E-state index in [0.29, 0.717) is 29.2 Å². The van der Waals surface area contributed by atoms with Crippen molar-refractivity contribution in [2.45, 2.75) is 44.6 Å². The number of hydrogen-bond acceptors (Lipinski definition) is 4. The molecule has 0 N–H and O–H groups in total. The van der Waals surface area contributed by atoms with Gasteiger partial charge in [-0.1, -0.05) is 60.7 Å². The maximum Gasteiger partial charge on any atom is 0.325 e. The predicted molar refractivity (Wildman–Crippen MR) is 134 cm³/mol. The van der Waals surface area contributed by atoms with E-state index < -0.39 is 9.84 Å². The van der Waals surface area contributed by atoms with E-state index in [0.717, 1.165) is 34.5 Å². The van der Waals surface area contributed by atoms with Crippen molar-refractivity contribution in [3.63, 3.8) is 0 Å². The monoisotopic (exact) mass is 475 g/mol. The molecule has 0 radical (unpaired) electrons. The third-order valence-corrected chi connectivity index (χ3v) is 7.85. The van der Waals surface area contributed by atoms with Gasteiger partial charge >= 0.3 is 5.97 Å². The van der Waals surface area contributed by atoms with Gasteiger partial charge in [-0.15, -0.1) is 0 Å². The molecule has 0 spiro atoms. The highest BCUT2D eigenvalue weighted by Crippen LogP contribution is 2.35. The lowest BCUT2D eigenvalue weighted by atomic mass is 9.97. The topological polar surface area (TPSA) is 65.4 Å². The third-order valence-electron chi connectivity index (χ3n) is 5.95. The van der Waals surface area contributed by atoms with Crippen LogP contribution in [0.25, 0.3) is 11.3 Å². The number of nitrogens with zero attached hydrogens (tertiary/aromatic N) is 1. The summed E-state index contributed by atoms with van der Waals surface area (Å²) in [5.74, 6) is -0.297. The molecule has 0 unspecified atom stereocenters.